The molecule has 3 aromatic rings. The third-order valence-corrected chi connectivity index (χ3v) is 5.81. The van der Waals surface area contributed by atoms with Crippen LogP contribution < -0.4 is 10.0 Å². The second kappa shape index (κ2) is 8.57. The van der Waals surface area contributed by atoms with Crippen molar-refractivity contribution in [2.24, 2.45) is 0 Å². The first-order chi connectivity index (χ1) is 14.0. The van der Waals surface area contributed by atoms with Crippen LogP contribution in [-0.4, -0.2) is 25.6 Å². The van der Waals surface area contributed by atoms with Gasteiger partial charge in [0.1, 0.15) is 0 Å². The molecule has 1 aromatic heterocycles. The fourth-order valence-electron chi connectivity index (χ4n) is 2.91. The van der Waals surface area contributed by atoms with E-state index in [-0.39, 0.29) is 17.7 Å². The molecule has 0 saturated heterocycles. The van der Waals surface area contributed by atoms with E-state index in [4.69, 9.17) is 0 Å². The van der Waals surface area contributed by atoms with Crippen molar-refractivity contribution >= 4 is 38.1 Å². The number of amides is 1. The number of rotatable bonds is 6. The monoisotopic (exact) mass is 443 g/mol. The van der Waals surface area contributed by atoms with E-state index in [1.54, 1.807) is 24.3 Å². The van der Waals surface area contributed by atoms with Crippen molar-refractivity contribution < 1.29 is 13.2 Å². The van der Waals surface area contributed by atoms with Gasteiger partial charge in [0.05, 0.1) is 24.1 Å². The molecule has 0 aliphatic carbocycles. The standard InChI is InChI=1S/C22H25N3O3S2/c1-22(2,3)17-11-9-15(10-12-17)19-14-29-21(23-19)24-20(26)13-16-7-5-6-8-18(16)25-30(4,27)28/h5-12,14,25H,13H2,1-4H3,(H,23,24,26). The van der Waals surface area contributed by atoms with E-state index < -0.39 is 10.0 Å². The van der Waals surface area contributed by atoms with Crippen LogP contribution in [0.15, 0.2) is 53.9 Å². The average molecular weight is 444 g/mol. The predicted molar refractivity (Wildman–Crippen MR) is 123 cm³/mol. The van der Waals surface area contributed by atoms with Gasteiger partial charge >= 0.3 is 0 Å². The first-order valence-corrected chi connectivity index (χ1v) is 12.2. The number of benzene rings is 2. The lowest BCUT2D eigenvalue weighted by molar-refractivity contribution is -0.115. The molecule has 0 aliphatic heterocycles. The molecule has 0 spiro atoms. The van der Waals surface area contributed by atoms with Crippen molar-refractivity contribution in [1.29, 1.82) is 0 Å². The van der Waals surface area contributed by atoms with Gasteiger partial charge in [0.15, 0.2) is 5.13 Å². The zero-order chi connectivity index (χ0) is 21.9. The highest BCUT2D eigenvalue weighted by Crippen LogP contribution is 2.28. The zero-order valence-electron chi connectivity index (χ0n) is 17.4. The number of thiazole rings is 1. The smallest absolute Gasteiger partial charge is 0.230 e. The topological polar surface area (TPSA) is 88.2 Å². The first kappa shape index (κ1) is 22.0. The third kappa shape index (κ3) is 5.90. The molecule has 2 N–H and O–H groups in total. The summed E-state index contributed by atoms with van der Waals surface area (Å²) < 4.78 is 25.5. The summed E-state index contributed by atoms with van der Waals surface area (Å²) in [6.07, 6.45) is 1.11. The summed E-state index contributed by atoms with van der Waals surface area (Å²) in [7, 11) is -3.43. The largest absolute Gasteiger partial charge is 0.302 e. The average Bonchev–Trinajstić information content (AvgIpc) is 3.10. The summed E-state index contributed by atoms with van der Waals surface area (Å²) in [5.74, 6) is -0.262. The number of sulfonamides is 1. The zero-order valence-corrected chi connectivity index (χ0v) is 19.0. The summed E-state index contributed by atoms with van der Waals surface area (Å²) in [6, 6.07) is 15.1. The highest BCUT2D eigenvalue weighted by atomic mass is 32.2. The molecule has 1 amide bonds. The van der Waals surface area contributed by atoms with Crippen LogP contribution in [0, 0.1) is 0 Å². The van der Waals surface area contributed by atoms with Crippen LogP contribution in [0.25, 0.3) is 11.3 Å². The van der Waals surface area contributed by atoms with Gasteiger partial charge in [-0.05, 0) is 22.6 Å². The minimum absolute atomic E-state index is 0.0356. The molecule has 6 nitrogen and oxygen atoms in total. The van der Waals surface area contributed by atoms with Gasteiger partial charge in [0.2, 0.25) is 15.9 Å². The normalized spacial score (nSPS) is 11.9. The molecule has 1 heterocycles. The van der Waals surface area contributed by atoms with Crippen LogP contribution in [-0.2, 0) is 26.7 Å². The molecule has 0 unspecified atom stereocenters. The molecule has 3 rings (SSSR count). The highest BCUT2D eigenvalue weighted by molar-refractivity contribution is 7.92. The number of nitrogens with zero attached hydrogens (tertiary/aromatic N) is 1. The van der Waals surface area contributed by atoms with Crippen molar-refractivity contribution in [3.8, 4) is 11.3 Å². The fraction of sp³-hybridized carbons (Fsp3) is 0.273. The maximum atomic E-state index is 12.5. The highest BCUT2D eigenvalue weighted by Gasteiger charge is 2.15. The quantitative estimate of drug-likeness (QED) is 0.580. The molecule has 0 fully saturated rings. The maximum absolute atomic E-state index is 12.5. The lowest BCUT2D eigenvalue weighted by Crippen LogP contribution is -2.17. The number of anilines is 2. The Morgan fingerprint density at radius 2 is 1.73 bits per heavy atom. The second-order valence-corrected chi connectivity index (χ2v) is 10.7. The van der Waals surface area contributed by atoms with Gasteiger partial charge in [-0.25, -0.2) is 13.4 Å². The van der Waals surface area contributed by atoms with Crippen molar-refractivity contribution in [3.63, 3.8) is 0 Å². The predicted octanol–water partition coefficient (Wildman–Crippen LogP) is 4.66. The Morgan fingerprint density at radius 1 is 1.07 bits per heavy atom. The molecule has 0 saturated carbocycles. The Labute approximate surface area is 181 Å². The van der Waals surface area contributed by atoms with Crippen molar-refractivity contribution in [1.82, 2.24) is 4.98 Å². The van der Waals surface area contributed by atoms with Crippen molar-refractivity contribution in [2.75, 3.05) is 16.3 Å². The molecule has 0 atom stereocenters. The van der Waals surface area contributed by atoms with E-state index in [0.29, 0.717) is 16.4 Å². The number of carbonyl (C=O) groups excluding carboxylic acids is 1. The summed E-state index contributed by atoms with van der Waals surface area (Å²) in [6.45, 7) is 6.51. The Balaban J connectivity index is 1.69. The van der Waals surface area contributed by atoms with Crippen molar-refractivity contribution in [2.45, 2.75) is 32.6 Å². The number of carbonyl (C=O) groups is 1. The fourth-order valence-corrected chi connectivity index (χ4v) is 4.25. The van der Waals surface area contributed by atoms with Gasteiger partial charge in [-0.3, -0.25) is 9.52 Å². The molecule has 0 aliphatic rings. The van der Waals surface area contributed by atoms with Gasteiger partial charge in [-0.1, -0.05) is 63.2 Å². The Kier molecular flexibility index (Phi) is 6.28. The molecule has 158 valence electrons. The summed E-state index contributed by atoms with van der Waals surface area (Å²) in [5.41, 5.74) is 4.11. The van der Waals surface area contributed by atoms with Crippen molar-refractivity contribution in [3.05, 3.63) is 65.0 Å². The number of hydrogen-bond donors (Lipinski definition) is 2. The SMILES string of the molecule is CC(C)(C)c1ccc(-c2csc(NC(=O)Cc3ccccc3NS(C)(=O)=O)n2)cc1. The molecule has 30 heavy (non-hydrogen) atoms. The van der Waals surface area contributed by atoms with E-state index in [1.165, 1.54) is 16.9 Å². The molecular weight excluding hydrogens is 418 g/mol. The minimum Gasteiger partial charge on any atom is -0.302 e. The van der Waals surface area contributed by atoms with Crippen LogP contribution in [0.2, 0.25) is 0 Å². The molecule has 2 aromatic carbocycles. The van der Waals surface area contributed by atoms with E-state index in [9.17, 15) is 13.2 Å². The lowest BCUT2D eigenvalue weighted by Gasteiger charge is -2.18. The summed E-state index contributed by atoms with van der Waals surface area (Å²) in [4.78, 5) is 17.0. The van der Waals surface area contributed by atoms with E-state index in [0.717, 1.165) is 17.5 Å². The third-order valence-electron chi connectivity index (χ3n) is 4.46. The van der Waals surface area contributed by atoms with E-state index in [1.807, 2.05) is 17.5 Å². The summed E-state index contributed by atoms with van der Waals surface area (Å²) in [5, 5.41) is 5.20. The molecule has 0 bridgehead atoms. The Morgan fingerprint density at radius 3 is 2.37 bits per heavy atom. The first-order valence-electron chi connectivity index (χ1n) is 9.43. The van der Waals surface area contributed by atoms with Crippen LogP contribution >= 0.6 is 11.3 Å². The molecule has 8 heteroatoms. The second-order valence-electron chi connectivity index (χ2n) is 8.12. The lowest BCUT2D eigenvalue weighted by atomic mass is 9.86. The number of para-hydroxylation sites is 1. The van der Waals surface area contributed by atoms with Gasteiger partial charge < -0.3 is 5.32 Å². The number of aromatic nitrogens is 1. The minimum atomic E-state index is -3.43. The molecular formula is C22H25N3O3S2. The number of hydrogen-bond acceptors (Lipinski definition) is 5. The molecule has 0 radical (unpaired) electrons. The van der Waals surface area contributed by atoms with Gasteiger partial charge in [0, 0.05) is 10.9 Å². The number of nitrogens with one attached hydrogen (secondary N) is 2. The Bertz CT molecular complexity index is 1140. The van der Waals surface area contributed by atoms with Crippen LogP contribution in [0.5, 0.6) is 0 Å². The van der Waals surface area contributed by atoms with Crippen LogP contribution in [0.3, 0.4) is 0 Å². The van der Waals surface area contributed by atoms with Crippen LogP contribution in [0.1, 0.15) is 31.9 Å². The van der Waals surface area contributed by atoms with Gasteiger partial charge in [-0.2, -0.15) is 0 Å². The van der Waals surface area contributed by atoms with Gasteiger partial charge in [0.25, 0.3) is 0 Å². The Hall–Kier alpha value is -2.71. The van der Waals surface area contributed by atoms with Crippen LogP contribution in [0.4, 0.5) is 10.8 Å². The summed E-state index contributed by atoms with van der Waals surface area (Å²) >= 11 is 1.35. The van der Waals surface area contributed by atoms with E-state index in [2.05, 4.69) is 47.9 Å². The van der Waals surface area contributed by atoms with E-state index >= 15 is 0 Å². The maximum Gasteiger partial charge on any atom is 0.230 e. The van der Waals surface area contributed by atoms with Gasteiger partial charge in [-0.15, -0.1) is 11.3 Å².